The van der Waals surface area contributed by atoms with Crippen molar-refractivity contribution in [3.63, 3.8) is 0 Å². The Bertz CT molecular complexity index is 790. The zero-order valence-electron chi connectivity index (χ0n) is 10.0. The molecule has 0 aliphatic rings. The van der Waals surface area contributed by atoms with Crippen LogP contribution in [0.5, 0.6) is 0 Å². The van der Waals surface area contributed by atoms with E-state index >= 15 is 0 Å². The monoisotopic (exact) mass is 241 g/mol. The van der Waals surface area contributed by atoms with Crippen LogP contribution in [-0.2, 0) is 0 Å². The van der Waals surface area contributed by atoms with E-state index in [1.165, 1.54) is 0 Å². The summed E-state index contributed by atoms with van der Waals surface area (Å²) in [4.78, 5) is 19.9. The lowest BCUT2D eigenvalue weighted by Gasteiger charge is -2.07. The van der Waals surface area contributed by atoms with Crippen LogP contribution in [0.15, 0.2) is 24.3 Å². The van der Waals surface area contributed by atoms with Gasteiger partial charge in [-0.1, -0.05) is 12.1 Å². The van der Waals surface area contributed by atoms with E-state index in [0.29, 0.717) is 17.2 Å². The molecule has 1 aromatic carbocycles. The Morgan fingerprint density at radius 3 is 2.67 bits per heavy atom. The van der Waals surface area contributed by atoms with Crippen LogP contribution in [0.3, 0.4) is 0 Å². The van der Waals surface area contributed by atoms with Crippen LogP contribution in [0.4, 0.5) is 0 Å². The first-order valence-electron chi connectivity index (χ1n) is 5.57. The molecule has 1 N–H and O–H groups in total. The van der Waals surface area contributed by atoms with Gasteiger partial charge in [0.05, 0.1) is 16.7 Å². The summed E-state index contributed by atoms with van der Waals surface area (Å²) >= 11 is 0. The standard InChI is InChI=1S/C13H11N3O2/c1-7-11(12(17)18)8(2)16-10-6-4-3-5-9(10)15-13(16)14-7/h3-6H,1-2H3,(H,17,18). The average molecular weight is 241 g/mol. The highest BCUT2D eigenvalue weighted by atomic mass is 16.4. The lowest BCUT2D eigenvalue weighted by Crippen LogP contribution is -2.09. The second-order valence-corrected chi connectivity index (χ2v) is 4.20. The SMILES string of the molecule is Cc1nc2nc3ccccc3n2c(C)c1C(=O)O. The van der Waals surface area contributed by atoms with Crippen LogP contribution < -0.4 is 0 Å². The molecular formula is C13H11N3O2. The summed E-state index contributed by atoms with van der Waals surface area (Å²) in [5, 5.41) is 9.24. The minimum atomic E-state index is -0.961. The average Bonchev–Trinajstić information content (AvgIpc) is 2.66. The van der Waals surface area contributed by atoms with Crippen molar-refractivity contribution in [2.24, 2.45) is 0 Å². The van der Waals surface area contributed by atoms with Gasteiger partial charge in [0.15, 0.2) is 0 Å². The van der Waals surface area contributed by atoms with E-state index < -0.39 is 5.97 Å². The number of para-hydroxylation sites is 2. The first-order valence-corrected chi connectivity index (χ1v) is 5.57. The van der Waals surface area contributed by atoms with E-state index in [-0.39, 0.29) is 5.56 Å². The number of nitrogens with zero attached hydrogens (tertiary/aromatic N) is 3. The zero-order valence-corrected chi connectivity index (χ0v) is 10.0. The number of benzene rings is 1. The molecule has 5 nitrogen and oxygen atoms in total. The smallest absolute Gasteiger partial charge is 0.339 e. The Morgan fingerprint density at radius 1 is 1.22 bits per heavy atom. The molecule has 0 aliphatic carbocycles. The van der Waals surface area contributed by atoms with Crippen molar-refractivity contribution in [3.8, 4) is 0 Å². The van der Waals surface area contributed by atoms with E-state index in [1.807, 2.05) is 24.3 Å². The molecule has 0 radical (unpaired) electrons. The van der Waals surface area contributed by atoms with Gasteiger partial charge in [0.1, 0.15) is 5.56 Å². The minimum Gasteiger partial charge on any atom is -0.478 e. The highest BCUT2D eigenvalue weighted by molar-refractivity contribution is 5.91. The highest BCUT2D eigenvalue weighted by Crippen LogP contribution is 2.20. The number of aromatic carboxylic acids is 1. The largest absolute Gasteiger partial charge is 0.478 e. The molecule has 3 rings (SSSR count). The fourth-order valence-corrected chi connectivity index (χ4v) is 2.31. The van der Waals surface area contributed by atoms with Gasteiger partial charge in [-0.3, -0.25) is 4.40 Å². The highest BCUT2D eigenvalue weighted by Gasteiger charge is 2.17. The molecule has 0 spiro atoms. The molecule has 0 saturated carbocycles. The third-order valence-electron chi connectivity index (χ3n) is 3.08. The van der Waals surface area contributed by atoms with Gasteiger partial charge < -0.3 is 5.11 Å². The molecule has 18 heavy (non-hydrogen) atoms. The summed E-state index contributed by atoms with van der Waals surface area (Å²) in [6.07, 6.45) is 0. The van der Waals surface area contributed by atoms with Crippen molar-refractivity contribution in [1.29, 1.82) is 0 Å². The number of carbonyl (C=O) groups is 1. The number of rotatable bonds is 1. The maximum Gasteiger partial charge on any atom is 0.339 e. The molecule has 0 saturated heterocycles. The molecule has 2 aromatic heterocycles. The van der Waals surface area contributed by atoms with Crippen molar-refractivity contribution in [1.82, 2.24) is 14.4 Å². The third kappa shape index (κ3) is 1.30. The van der Waals surface area contributed by atoms with Gasteiger partial charge in [-0.05, 0) is 26.0 Å². The van der Waals surface area contributed by atoms with E-state index in [4.69, 9.17) is 0 Å². The summed E-state index contributed by atoms with van der Waals surface area (Å²) in [6.45, 7) is 3.47. The van der Waals surface area contributed by atoms with Crippen molar-refractivity contribution in [2.75, 3.05) is 0 Å². The summed E-state index contributed by atoms with van der Waals surface area (Å²) < 4.78 is 1.78. The molecule has 0 amide bonds. The van der Waals surface area contributed by atoms with E-state index in [1.54, 1.807) is 18.2 Å². The topological polar surface area (TPSA) is 67.5 Å². The van der Waals surface area contributed by atoms with Crippen LogP contribution in [0.2, 0.25) is 0 Å². The Hall–Kier alpha value is -2.43. The van der Waals surface area contributed by atoms with Crippen LogP contribution in [0, 0.1) is 13.8 Å². The molecule has 2 heterocycles. The maximum atomic E-state index is 11.3. The predicted molar refractivity (Wildman–Crippen MR) is 66.9 cm³/mol. The maximum absolute atomic E-state index is 11.3. The zero-order chi connectivity index (χ0) is 12.9. The second kappa shape index (κ2) is 3.53. The fraction of sp³-hybridized carbons (Fsp3) is 0.154. The number of aryl methyl sites for hydroxylation is 2. The first-order chi connectivity index (χ1) is 8.59. The van der Waals surface area contributed by atoms with Gasteiger partial charge in [-0.15, -0.1) is 0 Å². The number of aromatic nitrogens is 3. The van der Waals surface area contributed by atoms with E-state index in [2.05, 4.69) is 9.97 Å². The minimum absolute atomic E-state index is 0.241. The summed E-state index contributed by atoms with van der Waals surface area (Å²) in [5.74, 6) is -0.423. The lowest BCUT2D eigenvalue weighted by molar-refractivity contribution is 0.0694. The molecule has 0 bridgehead atoms. The van der Waals surface area contributed by atoms with Gasteiger partial charge in [-0.25, -0.2) is 14.8 Å². The fourth-order valence-electron chi connectivity index (χ4n) is 2.31. The van der Waals surface area contributed by atoms with Crippen molar-refractivity contribution in [2.45, 2.75) is 13.8 Å². The summed E-state index contributed by atoms with van der Waals surface area (Å²) in [6, 6.07) is 7.59. The molecule has 90 valence electrons. The number of hydrogen-bond donors (Lipinski definition) is 1. The summed E-state index contributed by atoms with van der Waals surface area (Å²) in [7, 11) is 0. The first kappa shape index (κ1) is 10.7. The number of carboxylic acids is 1. The van der Waals surface area contributed by atoms with Crippen LogP contribution >= 0.6 is 0 Å². The molecule has 0 fully saturated rings. The number of imidazole rings is 1. The Kier molecular flexibility index (Phi) is 2.10. The van der Waals surface area contributed by atoms with Crippen LogP contribution in [0.1, 0.15) is 21.7 Å². The van der Waals surface area contributed by atoms with Gasteiger partial charge >= 0.3 is 5.97 Å². The van der Waals surface area contributed by atoms with Crippen LogP contribution in [0.25, 0.3) is 16.8 Å². The number of fused-ring (bicyclic) bond motifs is 3. The normalized spacial score (nSPS) is 11.2. The van der Waals surface area contributed by atoms with E-state index in [0.717, 1.165) is 11.0 Å². The van der Waals surface area contributed by atoms with E-state index in [9.17, 15) is 9.90 Å². The number of hydrogen-bond acceptors (Lipinski definition) is 3. The van der Waals surface area contributed by atoms with Crippen molar-refractivity contribution >= 4 is 22.8 Å². The second-order valence-electron chi connectivity index (χ2n) is 4.20. The molecule has 5 heteroatoms. The molecule has 0 aliphatic heterocycles. The van der Waals surface area contributed by atoms with Crippen LogP contribution in [-0.4, -0.2) is 25.4 Å². The van der Waals surface area contributed by atoms with Gasteiger partial charge in [-0.2, -0.15) is 0 Å². The molecular weight excluding hydrogens is 230 g/mol. The molecule has 3 aromatic rings. The predicted octanol–water partition coefficient (Wildman–Crippen LogP) is 2.20. The van der Waals surface area contributed by atoms with Gasteiger partial charge in [0.2, 0.25) is 5.78 Å². The Labute approximate surface area is 103 Å². The van der Waals surface area contributed by atoms with Gasteiger partial charge in [0, 0.05) is 5.69 Å². The molecule has 0 unspecified atom stereocenters. The van der Waals surface area contributed by atoms with Crippen molar-refractivity contribution in [3.05, 3.63) is 41.2 Å². The Balaban J connectivity index is 2.56. The summed E-state index contributed by atoms with van der Waals surface area (Å²) in [5.41, 5.74) is 3.07. The Morgan fingerprint density at radius 2 is 1.94 bits per heavy atom. The third-order valence-corrected chi connectivity index (χ3v) is 3.08. The lowest BCUT2D eigenvalue weighted by atomic mass is 10.2. The quantitative estimate of drug-likeness (QED) is 0.709. The molecule has 0 atom stereocenters. The van der Waals surface area contributed by atoms with Gasteiger partial charge in [0.25, 0.3) is 0 Å². The van der Waals surface area contributed by atoms with Crippen molar-refractivity contribution < 1.29 is 9.90 Å². The number of carboxylic acid groups (broad SMARTS) is 1.